The molecule has 5 heteroatoms. The van der Waals surface area contributed by atoms with Crippen molar-refractivity contribution in [3.8, 4) is 0 Å². The highest BCUT2D eigenvalue weighted by Gasteiger charge is 2.29. The topological polar surface area (TPSA) is 41.1 Å². The van der Waals surface area contributed by atoms with Gasteiger partial charge < -0.3 is 10.6 Å². The Morgan fingerprint density at radius 2 is 2.21 bits per heavy atom. The molecule has 2 rings (SSSR count). The van der Waals surface area contributed by atoms with Crippen LogP contribution in [0.5, 0.6) is 0 Å². The van der Waals surface area contributed by atoms with E-state index in [2.05, 4.69) is 10.6 Å². The maximum Gasteiger partial charge on any atom is 0.240 e. The van der Waals surface area contributed by atoms with E-state index in [1.54, 1.807) is 7.05 Å². The van der Waals surface area contributed by atoms with Gasteiger partial charge in [-0.15, -0.1) is 11.8 Å². The first-order valence-electron chi connectivity index (χ1n) is 6.36. The molecule has 1 aliphatic rings. The quantitative estimate of drug-likeness (QED) is 0.901. The van der Waals surface area contributed by atoms with Crippen molar-refractivity contribution in [1.82, 2.24) is 10.6 Å². The molecular weight excluding hydrogens is 280 g/mol. The Balaban J connectivity index is 2.20. The van der Waals surface area contributed by atoms with Crippen molar-refractivity contribution in [3.63, 3.8) is 0 Å². The predicted molar refractivity (Wildman–Crippen MR) is 80.8 cm³/mol. The zero-order valence-corrected chi connectivity index (χ0v) is 13.0. The normalized spacial score (nSPS) is 18.8. The molecule has 104 valence electrons. The van der Waals surface area contributed by atoms with Crippen LogP contribution in [0.25, 0.3) is 0 Å². The van der Waals surface area contributed by atoms with E-state index >= 15 is 0 Å². The highest BCUT2D eigenvalue weighted by Crippen LogP contribution is 2.37. The van der Waals surface area contributed by atoms with E-state index in [1.165, 1.54) is 4.90 Å². The van der Waals surface area contributed by atoms with E-state index in [0.717, 1.165) is 17.7 Å². The first kappa shape index (κ1) is 14.7. The predicted octanol–water partition coefficient (Wildman–Crippen LogP) is 2.99. The van der Waals surface area contributed by atoms with Crippen LogP contribution in [0.1, 0.15) is 31.9 Å². The number of benzene rings is 1. The van der Waals surface area contributed by atoms with Gasteiger partial charge in [-0.3, -0.25) is 4.79 Å². The maximum absolute atomic E-state index is 12.2. The summed E-state index contributed by atoms with van der Waals surface area (Å²) in [5.41, 5.74) is 0.563. The third kappa shape index (κ3) is 3.25. The lowest BCUT2D eigenvalue weighted by atomic mass is 10.00. The molecule has 0 saturated carbocycles. The zero-order chi connectivity index (χ0) is 14.0. The number of carbonyl (C=O) groups excluding carboxylic acids is 1. The van der Waals surface area contributed by atoms with E-state index in [9.17, 15) is 4.79 Å². The number of rotatable bonds is 3. The highest BCUT2D eigenvalue weighted by molar-refractivity contribution is 7.99. The van der Waals surface area contributed by atoms with E-state index < -0.39 is 5.54 Å². The Morgan fingerprint density at radius 1 is 1.47 bits per heavy atom. The molecule has 19 heavy (non-hydrogen) atoms. The van der Waals surface area contributed by atoms with E-state index in [-0.39, 0.29) is 11.9 Å². The molecule has 0 saturated heterocycles. The molecule has 0 aliphatic carbocycles. The highest BCUT2D eigenvalue weighted by atomic mass is 35.5. The summed E-state index contributed by atoms with van der Waals surface area (Å²) in [4.78, 5) is 13.5. The summed E-state index contributed by atoms with van der Waals surface area (Å²) in [5.74, 6) is 1.03. The molecule has 0 radical (unpaired) electrons. The Labute approximate surface area is 123 Å². The third-order valence-electron chi connectivity index (χ3n) is 3.51. The van der Waals surface area contributed by atoms with Crippen LogP contribution >= 0.6 is 23.4 Å². The first-order chi connectivity index (χ1) is 8.94. The van der Waals surface area contributed by atoms with Crippen molar-refractivity contribution >= 4 is 29.3 Å². The third-order valence-corrected chi connectivity index (χ3v) is 4.87. The fourth-order valence-corrected chi connectivity index (χ4v) is 3.25. The molecule has 2 N–H and O–H groups in total. The molecule has 0 spiro atoms. The number of nitrogens with one attached hydrogen (secondary N) is 2. The first-order valence-corrected chi connectivity index (χ1v) is 7.72. The van der Waals surface area contributed by atoms with Gasteiger partial charge in [0.25, 0.3) is 0 Å². The minimum absolute atomic E-state index is 0.0119. The molecule has 1 amide bonds. The van der Waals surface area contributed by atoms with Crippen molar-refractivity contribution < 1.29 is 4.79 Å². The summed E-state index contributed by atoms with van der Waals surface area (Å²) in [5, 5.41) is 6.86. The molecule has 1 aliphatic heterocycles. The van der Waals surface area contributed by atoms with Crippen molar-refractivity contribution in [1.29, 1.82) is 0 Å². The van der Waals surface area contributed by atoms with Crippen molar-refractivity contribution in [2.75, 3.05) is 12.8 Å². The van der Waals surface area contributed by atoms with E-state index in [1.807, 2.05) is 43.8 Å². The van der Waals surface area contributed by atoms with Gasteiger partial charge >= 0.3 is 0 Å². The lowest BCUT2D eigenvalue weighted by molar-refractivity contribution is -0.127. The second-order valence-electron chi connectivity index (χ2n) is 5.22. The van der Waals surface area contributed by atoms with Crippen LogP contribution in [0, 0.1) is 0 Å². The molecule has 3 nitrogen and oxygen atoms in total. The fourth-order valence-electron chi connectivity index (χ4n) is 1.97. The lowest BCUT2D eigenvalue weighted by Gasteiger charge is -2.30. The summed E-state index contributed by atoms with van der Waals surface area (Å²) in [7, 11) is 1.79. The Kier molecular flexibility index (Phi) is 4.43. The van der Waals surface area contributed by atoms with E-state index in [4.69, 9.17) is 11.6 Å². The van der Waals surface area contributed by atoms with Crippen molar-refractivity contribution in [2.45, 2.75) is 36.7 Å². The van der Waals surface area contributed by atoms with Crippen LogP contribution in [-0.2, 0) is 4.79 Å². The van der Waals surface area contributed by atoms with Crippen molar-refractivity contribution in [2.24, 2.45) is 0 Å². The summed E-state index contributed by atoms with van der Waals surface area (Å²) in [6, 6.07) is 5.94. The molecule has 0 fully saturated rings. The molecule has 1 unspecified atom stereocenters. The molecule has 1 aromatic rings. The van der Waals surface area contributed by atoms with Crippen LogP contribution in [0.15, 0.2) is 23.1 Å². The zero-order valence-electron chi connectivity index (χ0n) is 11.4. The SMILES string of the molecule is CNC(C)(C)C(=O)NC1CCSc2ccc(Cl)cc21. The van der Waals surface area contributed by atoms with Crippen molar-refractivity contribution in [3.05, 3.63) is 28.8 Å². The van der Waals surface area contributed by atoms with E-state index in [0.29, 0.717) is 5.02 Å². The monoisotopic (exact) mass is 298 g/mol. The van der Waals surface area contributed by atoms with Gasteiger partial charge in [0, 0.05) is 15.7 Å². The molecule has 1 atom stereocenters. The van der Waals surface area contributed by atoms with Gasteiger partial charge in [-0.2, -0.15) is 0 Å². The second kappa shape index (κ2) is 5.73. The number of likely N-dealkylation sites (N-methyl/N-ethyl adjacent to an activating group) is 1. The van der Waals surface area contributed by atoms with Gasteiger partial charge in [0.05, 0.1) is 11.6 Å². The Hall–Kier alpha value is -0.710. The van der Waals surface area contributed by atoms with Crippen LogP contribution in [0.4, 0.5) is 0 Å². The van der Waals surface area contributed by atoms with Crippen LogP contribution in [0.2, 0.25) is 5.02 Å². The number of hydrogen-bond acceptors (Lipinski definition) is 3. The number of thioether (sulfide) groups is 1. The molecular formula is C14H19ClN2OS. The average molecular weight is 299 g/mol. The largest absolute Gasteiger partial charge is 0.348 e. The number of carbonyl (C=O) groups is 1. The molecule has 1 aromatic carbocycles. The molecule has 0 aromatic heterocycles. The fraction of sp³-hybridized carbons (Fsp3) is 0.500. The number of amides is 1. The van der Waals surface area contributed by atoms with Gasteiger partial charge in [0.1, 0.15) is 0 Å². The summed E-state index contributed by atoms with van der Waals surface area (Å²) in [6.45, 7) is 3.75. The van der Waals surface area contributed by atoms with Crippen LogP contribution < -0.4 is 10.6 Å². The molecule has 1 heterocycles. The second-order valence-corrected chi connectivity index (χ2v) is 6.79. The number of halogens is 1. The average Bonchev–Trinajstić information content (AvgIpc) is 2.39. The maximum atomic E-state index is 12.2. The minimum atomic E-state index is -0.566. The Morgan fingerprint density at radius 3 is 2.89 bits per heavy atom. The van der Waals surface area contributed by atoms with Gasteiger partial charge in [0.2, 0.25) is 5.91 Å². The van der Waals surface area contributed by atoms with Gasteiger partial charge in [0.15, 0.2) is 0 Å². The van der Waals surface area contributed by atoms with Gasteiger partial charge in [-0.1, -0.05) is 11.6 Å². The molecule has 0 bridgehead atoms. The summed E-state index contributed by atoms with van der Waals surface area (Å²) >= 11 is 7.88. The summed E-state index contributed by atoms with van der Waals surface area (Å²) in [6.07, 6.45) is 0.934. The summed E-state index contributed by atoms with van der Waals surface area (Å²) < 4.78 is 0. The van der Waals surface area contributed by atoms with Gasteiger partial charge in [-0.05, 0) is 51.1 Å². The Bertz CT molecular complexity index is 490. The van der Waals surface area contributed by atoms with Crippen LogP contribution in [0.3, 0.4) is 0 Å². The smallest absolute Gasteiger partial charge is 0.240 e. The van der Waals surface area contributed by atoms with Crippen LogP contribution in [-0.4, -0.2) is 24.2 Å². The standard InChI is InChI=1S/C14H19ClN2OS/c1-14(2,16-3)13(18)17-11-6-7-19-12-5-4-9(15)8-10(11)12/h4-5,8,11,16H,6-7H2,1-3H3,(H,17,18). The van der Waals surface area contributed by atoms with Gasteiger partial charge in [-0.25, -0.2) is 0 Å². The lowest BCUT2D eigenvalue weighted by Crippen LogP contribution is -2.52. The number of fused-ring (bicyclic) bond motifs is 1. The number of hydrogen-bond donors (Lipinski definition) is 2. The minimum Gasteiger partial charge on any atom is -0.348 e.